The monoisotopic (exact) mass is 631 g/mol. The quantitative estimate of drug-likeness (QED) is 0.185. The van der Waals surface area contributed by atoms with E-state index < -0.39 is 34.3 Å². The van der Waals surface area contributed by atoms with Crippen LogP contribution < -0.4 is 14.4 Å². The van der Waals surface area contributed by atoms with Crippen LogP contribution in [0.5, 0.6) is 5.75 Å². The number of amides is 2. The topological polar surface area (TPSA) is 96.0 Å². The lowest BCUT2D eigenvalue weighted by Crippen LogP contribution is -2.53. The Hall–Kier alpha value is -4.70. The second kappa shape index (κ2) is 15.9. The predicted octanol–water partition coefficient (Wildman–Crippen LogP) is 5.59. The van der Waals surface area contributed by atoms with Crippen molar-refractivity contribution in [2.45, 2.75) is 44.2 Å². The van der Waals surface area contributed by atoms with Crippen LogP contribution in [0.3, 0.4) is 0 Å². The highest BCUT2D eigenvalue weighted by Gasteiger charge is 2.35. The molecule has 10 heteroatoms. The van der Waals surface area contributed by atoms with E-state index in [2.05, 4.69) is 5.32 Å². The summed E-state index contributed by atoms with van der Waals surface area (Å²) in [6.45, 7) is 3.72. The van der Waals surface area contributed by atoms with E-state index in [0.29, 0.717) is 24.3 Å². The Morgan fingerprint density at radius 2 is 1.44 bits per heavy atom. The molecular formula is C35H38FN3O5S. The van der Waals surface area contributed by atoms with Crippen molar-refractivity contribution in [2.75, 3.05) is 24.0 Å². The number of hydrogen-bond donors (Lipinski definition) is 1. The first-order valence-electron chi connectivity index (χ1n) is 14.9. The largest absolute Gasteiger partial charge is 0.492 e. The summed E-state index contributed by atoms with van der Waals surface area (Å²) in [5, 5.41) is 2.91. The molecule has 8 nitrogen and oxygen atoms in total. The van der Waals surface area contributed by atoms with E-state index in [0.717, 1.165) is 9.87 Å². The fourth-order valence-electron chi connectivity index (χ4n) is 4.88. The lowest BCUT2D eigenvalue weighted by molar-refractivity contribution is -0.140. The molecule has 1 N–H and O–H groups in total. The molecule has 0 bridgehead atoms. The third kappa shape index (κ3) is 8.69. The summed E-state index contributed by atoms with van der Waals surface area (Å²) in [5.74, 6) is -1.13. The molecule has 0 saturated carbocycles. The Labute approximate surface area is 264 Å². The van der Waals surface area contributed by atoms with Gasteiger partial charge in [0, 0.05) is 19.5 Å². The lowest BCUT2D eigenvalue weighted by atomic mass is 10.0. The van der Waals surface area contributed by atoms with Crippen molar-refractivity contribution < 1.29 is 27.1 Å². The summed E-state index contributed by atoms with van der Waals surface area (Å²) in [6, 6.07) is 28.4. The molecule has 1 unspecified atom stereocenters. The van der Waals surface area contributed by atoms with E-state index in [1.165, 1.54) is 29.2 Å². The van der Waals surface area contributed by atoms with Gasteiger partial charge in [-0.05, 0) is 60.9 Å². The Morgan fingerprint density at radius 1 is 0.822 bits per heavy atom. The molecule has 0 fully saturated rings. The van der Waals surface area contributed by atoms with Crippen LogP contribution in [-0.2, 0) is 32.6 Å². The molecule has 0 radical (unpaired) electrons. The number of carbonyl (C=O) groups excluding carboxylic acids is 2. The number of rotatable bonds is 15. The fraction of sp³-hybridized carbons (Fsp3) is 0.257. The fourth-order valence-corrected chi connectivity index (χ4v) is 6.33. The molecule has 4 aromatic carbocycles. The highest BCUT2D eigenvalue weighted by Crippen LogP contribution is 2.33. The van der Waals surface area contributed by atoms with Gasteiger partial charge in [0.2, 0.25) is 11.8 Å². The van der Waals surface area contributed by atoms with Gasteiger partial charge in [-0.15, -0.1) is 0 Å². The van der Waals surface area contributed by atoms with Crippen LogP contribution in [0.1, 0.15) is 31.4 Å². The second-order valence-corrected chi connectivity index (χ2v) is 12.2. The van der Waals surface area contributed by atoms with Gasteiger partial charge in [0.05, 0.1) is 17.2 Å². The van der Waals surface area contributed by atoms with Gasteiger partial charge in [-0.2, -0.15) is 0 Å². The molecule has 0 aliphatic rings. The number of hydrogen-bond acceptors (Lipinski definition) is 5. The van der Waals surface area contributed by atoms with Gasteiger partial charge in [0.15, 0.2) is 0 Å². The lowest BCUT2D eigenvalue weighted by Gasteiger charge is -2.34. The van der Waals surface area contributed by atoms with Crippen LogP contribution in [0.15, 0.2) is 114 Å². The first kappa shape index (κ1) is 33.2. The first-order valence-corrected chi connectivity index (χ1v) is 16.3. The molecule has 0 aliphatic heterocycles. The van der Waals surface area contributed by atoms with E-state index in [-0.39, 0.29) is 36.1 Å². The Balaban J connectivity index is 1.82. The highest BCUT2D eigenvalue weighted by atomic mass is 32.2. The Bertz CT molecular complexity index is 1650. The molecule has 0 saturated heterocycles. The number of anilines is 1. The third-order valence-electron chi connectivity index (χ3n) is 7.13. The number of halogens is 1. The van der Waals surface area contributed by atoms with Gasteiger partial charge < -0.3 is 15.0 Å². The van der Waals surface area contributed by atoms with Crippen LogP contribution in [0, 0.1) is 5.82 Å². The maximum atomic E-state index is 14.5. The van der Waals surface area contributed by atoms with E-state index in [4.69, 9.17) is 4.74 Å². The minimum atomic E-state index is -4.27. The standard InChI is InChI=1S/C35H38FN3O5S/c1-3-23-37-35(41)32(24-27-13-7-5-8-14-27)38(25-28-19-21-29(36)22-20-28)34(40)26-39(31-17-11-12-18-33(31)44-4-2)45(42,43)30-15-9-6-10-16-30/h5-22,32H,3-4,23-26H2,1-2H3,(H,37,41). The van der Waals surface area contributed by atoms with Crippen molar-refractivity contribution >= 4 is 27.5 Å². The predicted molar refractivity (Wildman–Crippen MR) is 173 cm³/mol. The third-order valence-corrected chi connectivity index (χ3v) is 8.90. The first-order chi connectivity index (χ1) is 21.7. The molecule has 2 amide bonds. The van der Waals surface area contributed by atoms with Gasteiger partial charge in [-0.3, -0.25) is 13.9 Å². The smallest absolute Gasteiger partial charge is 0.264 e. The van der Waals surface area contributed by atoms with Crippen molar-refractivity contribution in [2.24, 2.45) is 0 Å². The van der Waals surface area contributed by atoms with Crippen molar-refractivity contribution in [3.05, 3.63) is 126 Å². The number of sulfonamides is 1. The van der Waals surface area contributed by atoms with Crippen LogP contribution in [0.25, 0.3) is 0 Å². The highest BCUT2D eigenvalue weighted by molar-refractivity contribution is 7.92. The van der Waals surface area contributed by atoms with Crippen molar-refractivity contribution in [1.29, 1.82) is 0 Å². The Morgan fingerprint density at radius 3 is 2.09 bits per heavy atom. The zero-order valence-corrected chi connectivity index (χ0v) is 26.3. The van der Waals surface area contributed by atoms with E-state index >= 15 is 0 Å². The van der Waals surface area contributed by atoms with E-state index in [9.17, 15) is 22.4 Å². The van der Waals surface area contributed by atoms with Crippen LogP contribution in [-0.4, -0.2) is 50.9 Å². The summed E-state index contributed by atoms with van der Waals surface area (Å²) >= 11 is 0. The summed E-state index contributed by atoms with van der Waals surface area (Å²) in [7, 11) is -4.27. The summed E-state index contributed by atoms with van der Waals surface area (Å²) < 4.78 is 48.9. The maximum absolute atomic E-state index is 14.5. The van der Waals surface area contributed by atoms with Gasteiger partial charge in [0.25, 0.3) is 10.0 Å². The summed E-state index contributed by atoms with van der Waals surface area (Å²) in [6.07, 6.45) is 0.872. The molecule has 0 spiro atoms. The minimum absolute atomic E-state index is 0.00397. The summed E-state index contributed by atoms with van der Waals surface area (Å²) in [4.78, 5) is 29.5. The van der Waals surface area contributed by atoms with Gasteiger partial charge >= 0.3 is 0 Å². The molecular weight excluding hydrogens is 593 g/mol. The molecule has 45 heavy (non-hydrogen) atoms. The molecule has 4 rings (SSSR count). The van der Waals surface area contributed by atoms with E-state index in [1.807, 2.05) is 37.3 Å². The SMILES string of the molecule is CCCNC(=O)C(Cc1ccccc1)N(Cc1ccc(F)cc1)C(=O)CN(c1ccccc1OCC)S(=O)(=O)c1ccccc1. The minimum Gasteiger partial charge on any atom is -0.492 e. The summed E-state index contributed by atoms with van der Waals surface area (Å²) in [5.41, 5.74) is 1.59. The number of nitrogens with zero attached hydrogens (tertiary/aromatic N) is 2. The van der Waals surface area contributed by atoms with Gasteiger partial charge in [-0.1, -0.05) is 79.7 Å². The average molecular weight is 632 g/mol. The molecule has 0 aliphatic carbocycles. The number of para-hydroxylation sites is 2. The van der Waals surface area contributed by atoms with Crippen LogP contribution >= 0.6 is 0 Å². The van der Waals surface area contributed by atoms with Crippen molar-refractivity contribution in [3.8, 4) is 5.75 Å². The number of carbonyl (C=O) groups is 2. The number of nitrogens with one attached hydrogen (secondary N) is 1. The maximum Gasteiger partial charge on any atom is 0.264 e. The van der Waals surface area contributed by atoms with Crippen molar-refractivity contribution in [3.63, 3.8) is 0 Å². The Kier molecular flexibility index (Phi) is 11.7. The molecule has 0 aromatic heterocycles. The molecule has 4 aromatic rings. The number of ether oxygens (including phenoxy) is 1. The molecule has 1 atom stereocenters. The zero-order chi connectivity index (χ0) is 32.2. The van der Waals surface area contributed by atoms with Crippen LogP contribution in [0.2, 0.25) is 0 Å². The zero-order valence-electron chi connectivity index (χ0n) is 25.4. The van der Waals surface area contributed by atoms with E-state index in [1.54, 1.807) is 61.5 Å². The second-order valence-electron chi connectivity index (χ2n) is 10.4. The van der Waals surface area contributed by atoms with Gasteiger partial charge in [-0.25, -0.2) is 12.8 Å². The van der Waals surface area contributed by atoms with Gasteiger partial charge in [0.1, 0.15) is 24.2 Å². The molecule has 236 valence electrons. The van der Waals surface area contributed by atoms with Crippen LogP contribution in [0.4, 0.5) is 10.1 Å². The molecule has 0 heterocycles. The normalized spacial score (nSPS) is 11.8. The number of benzene rings is 4. The van der Waals surface area contributed by atoms with Crippen molar-refractivity contribution in [1.82, 2.24) is 10.2 Å². The average Bonchev–Trinajstić information content (AvgIpc) is 3.06.